The van der Waals surface area contributed by atoms with Gasteiger partial charge in [-0.15, -0.1) is 0 Å². The minimum Gasteiger partial charge on any atom is -0.391 e. The van der Waals surface area contributed by atoms with E-state index in [0.29, 0.717) is 23.9 Å². The van der Waals surface area contributed by atoms with Gasteiger partial charge < -0.3 is 19.8 Å². The van der Waals surface area contributed by atoms with Gasteiger partial charge in [0.05, 0.1) is 39.9 Å². The third-order valence-corrected chi connectivity index (χ3v) is 16.8. The number of phosphoric acid groups is 1. The Bertz CT molecular complexity index is 1960. The number of aliphatic hydroxyl groups excluding tert-OH is 1. The van der Waals surface area contributed by atoms with Crippen LogP contribution in [0.2, 0.25) is 0 Å². The number of rotatable bonds is 66. The summed E-state index contributed by atoms with van der Waals surface area (Å²) >= 11 is 0. The summed E-state index contributed by atoms with van der Waals surface area (Å²) in [4.78, 5) is 23.5. The minimum absolute atomic E-state index is 0.0625. The standard InChI is InChI=1S/C80H139N2O6P/c1-6-8-10-12-14-16-18-20-22-24-26-28-30-32-34-35-36-37-38-39-40-41-42-43-44-45-46-47-48-50-52-54-56-58-60-62-64-66-68-70-72-74-80(84)81-78(77-88-89(85,86)87-76-75-82(3,4)5)79(83)73-71-69-67-65-63-61-59-57-55-53-51-49-33-31-29-27-25-23-21-19-17-15-13-11-9-7-2/h8,10,14,16,20,22,26,28,32,34,36-37,39-40,42-43,45-46,48,50,54,56,60,62,78-79,83H,6-7,9,11-13,15,17-19,21,23-25,27,29-31,33,35,38,41,44,47,49,51-53,55,57-59,61,63-77H2,1-5H3,(H-,81,84,85,86)/p+1/b10-8-,16-14-,22-20-,28-26-,34-32-,37-36-,40-39-,43-42-,46-45-,50-48-,56-54-,62-60-. The van der Waals surface area contributed by atoms with Crippen LogP contribution in [0.25, 0.3) is 0 Å². The van der Waals surface area contributed by atoms with Crippen molar-refractivity contribution in [3.05, 3.63) is 146 Å². The van der Waals surface area contributed by atoms with Gasteiger partial charge in [-0.3, -0.25) is 13.8 Å². The number of nitrogens with one attached hydrogen (secondary N) is 1. The van der Waals surface area contributed by atoms with Crippen LogP contribution in [0.15, 0.2) is 146 Å². The lowest BCUT2D eigenvalue weighted by Gasteiger charge is -2.26. The van der Waals surface area contributed by atoms with Crippen molar-refractivity contribution in [2.45, 2.75) is 315 Å². The summed E-state index contributed by atoms with van der Waals surface area (Å²) in [6.45, 7) is 4.77. The average Bonchev–Trinajstić information content (AvgIpc) is 3.61. The second kappa shape index (κ2) is 68.7. The van der Waals surface area contributed by atoms with Gasteiger partial charge in [0.2, 0.25) is 5.91 Å². The number of carbonyl (C=O) groups excluding carboxylic acids is 1. The van der Waals surface area contributed by atoms with E-state index >= 15 is 0 Å². The van der Waals surface area contributed by atoms with Crippen LogP contribution in [-0.2, 0) is 18.4 Å². The number of amides is 1. The van der Waals surface area contributed by atoms with Gasteiger partial charge in [-0.1, -0.05) is 339 Å². The molecule has 0 heterocycles. The van der Waals surface area contributed by atoms with Crippen molar-refractivity contribution in [2.24, 2.45) is 0 Å². The SMILES string of the molecule is CC/C=C\C/C=C\C/C=C\C/C=C\C/C=C\C/C=C\C/C=C\C/C=C\C/C=C\C/C=C\C/C=C\C/C=C\CCCCCCC(=O)NC(COP(=O)(O)OCC[N+](C)(C)C)C(O)CCCCCCCCCCCCCCCCCCCCCCCCCCCC. The summed E-state index contributed by atoms with van der Waals surface area (Å²) < 4.78 is 23.9. The van der Waals surface area contributed by atoms with Crippen LogP contribution in [0.3, 0.4) is 0 Å². The molecule has 89 heavy (non-hydrogen) atoms. The van der Waals surface area contributed by atoms with Gasteiger partial charge in [0.25, 0.3) is 0 Å². The lowest BCUT2D eigenvalue weighted by atomic mass is 10.0. The monoisotopic (exact) mass is 1260 g/mol. The maximum atomic E-state index is 13.1. The number of nitrogens with zero attached hydrogens (tertiary/aromatic N) is 1. The number of hydrogen-bond acceptors (Lipinski definition) is 5. The molecule has 0 rings (SSSR count). The Balaban J connectivity index is 4.15. The molecule has 3 atom stereocenters. The molecule has 3 unspecified atom stereocenters. The van der Waals surface area contributed by atoms with Crippen molar-refractivity contribution >= 4 is 13.7 Å². The van der Waals surface area contributed by atoms with E-state index < -0.39 is 20.0 Å². The molecule has 0 spiro atoms. The molecule has 0 aromatic heterocycles. The van der Waals surface area contributed by atoms with E-state index in [0.717, 1.165) is 128 Å². The Kier molecular flexibility index (Phi) is 65.9. The highest BCUT2D eigenvalue weighted by Gasteiger charge is 2.28. The van der Waals surface area contributed by atoms with Crippen LogP contribution < -0.4 is 5.32 Å². The van der Waals surface area contributed by atoms with Crippen LogP contribution >= 0.6 is 7.82 Å². The molecule has 510 valence electrons. The maximum absolute atomic E-state index is 13.1. The topological polar surface area (TPSA) is 105 Å². The molecule has 0 aromatic rings. The van der Waals surface area contributed by atoms with Crippen LogP contribution in [0.1, 0.15) is 303 Å². The lowest BCUT2D eigenvalue weighted by Crippen LogP contribution is -2.46. The van der Waals surface area contributed by atoms with Crippen molar-refractivity contribution in [1.82, 2.24) is 5.32 Å². The molecule has 0 saturated heterocycles. The van der Waals surface area contributed by atoms with Gasteiger partial charge in [-0.2, -0.15) is 0 Å². The van der Waals surface area contributed by atoms with E-state index in [9.17, 15) is 19.4 Å². The number of allylic oxidation sites excluding steroid dienone is 24. The van der Waals surface area contributed by atoms with E-state index in [1.807, 2.05) is 21.1 Å². The number of hydrogen-bond donors (Lipinski definition) is 3. The number of carbonyl (C=O) groups is 1. The lowest BCUT2D eigenvalue weighted by molar-refractivity contribution is -0.870. The van der Waals surface area contributed by atoms with Gasteiger partial charge in [-0.25, -0.2) is 4.57 Å². The second-order valence-electron chi connectivity index (χ2n) is 25.6. The number of phosphoric ester groups is 1. The summed E-state index contributed by atoms with van der Waals surface area (Å²) in [6, 6.07) is -0.787. The first-order valence-electron chi connectivity index (χ1n) is 36.7. The molecular formula is C80H140N2O6P+. The fourth-order valence-corrected chi connectivity index (χ4v) is 10.9. The first-order valence-corrected chi connectivity index (χ1v) is 38.2. The average molecular weight is 1260 g/mol. The molecule has 0 radical (unpaired) electrons. The third-order valence-electron chi connectivity index (χ3n) is 15.9. The van der Waals surface area contributed by atoms with E-state index in [1.54, 1.807) is 0 Å². The maximum Gasteiger partial charge on any atom is 0.472 e. The van der Waals surface area contributed by atoms with Gasteiger partial charge in [0.1, 0.15) is 13.2 Å². The molecule has 1 amide bonds. The molecule has 0 saturated carbocycles. The number of unbranched alkanes of at least 4 members (excludes halogenated alkanes) is 29. The zero-order valence-electron chi connectivity index (χ0n) is 58.4. The first-order chi connectivity index (χ1) is 43.5. The third kappa shape index (κ3) is 71.7. The predicted molar refractivity (Wildman–Crippen MR) is 391 cm³/mol. The number of quaternary nitrogens is 1. The zero-order valence-corrected chi connectivity index (χ0v) is 59.3. The molecular weight excluding hydrogens is 1120 g/mol. The zero-order chi connectivity index (χ0) is 64.8. The molecule has 0 aromatic carbocycles. The molecule has 0 aliphatic rings. The van der Waals surface area contributed by atoms with Crippen LogP contribution in [0.4, 0.5) is 0 Å². The largest absolute Gasteiger partial charge is 0.472 e. The molecule has 3 N–H and O–H groups in total. The van der Waals surface area contributed by atoms with Crippen molar-refractivity contribution in [3.63, 3.8) is 0 Å². The highest BCUT2D eigenvalue weighted by molar-refractivity contribution is 7.47. The quantitative estimate of drug-likeness (QED) is 0.0243. The molecule has 0 aliphatic carbocycles. The Labute approximate surface area is 550 Å². The Morgan fingerprint density at radius 2 is 0.674 bits per heavy atom. The highest BCUT2D eigenvalue weighted by atomic mass is 31.2. The van der Waals surface area contributed by atoms with Gasteiger partial charge in [0.15, 0.2) is 0 Å². The smallest absolute Gasteiger partial charge is 0.391 e. The van der Waals surface area contributed by atoms with E-state index in [2.05, 4.69) is 165 Å². The van der Waals surface area contributed by atoms with Gasteiger partial charge in [0, 0.05) is 6.42 Å². The van der Waals surface area contributed by atoms with Crippen molar-refractivity contribution < 1.29 is 32.9 Å². The Morgan fingerprint density at radius 3 is 0.989 bits per heavy atom. The predicted octanol–water partition coefficient (Wildman–Crippen LogP) is 23.9. The minimum atomic E-state index is -4.35. The summed E-state index contributed by atoms with van der Waals surface area (Å²) in [5.41, 5.74) is 0. The normalized spacial score (nSPS) is 14.5. The highest BCUT2D eigenvalue weighted by Crippen LogP contribution is 2.43. The van der Waals surface area contributed by atoms with E-state index in [4.69, 9.17) is 9.05 Å². The number of likely N-dealkylation sites (N-methyl/N-ethyl adjacent to an activating group) is 1. The fraction of sp³-hybridized carbons (Fsp3) is 0.688. The summed E-state index contributed by atoms with van der Waals surface area (Å²) in [5, 5.41) is 14.1. The van der Waals surface area contributed by atoms with E-state index in [-0.39, 0.29) is 19.1 Å². The van der Waals surface area contributed by atoms with Gasteiger partial charge >= 0.3 is 7.82 Å². The Hall–Kier alpha value is -3.62. The summed E-state index contributed by atoms with van der Waals surface area (Å²) in [7, 11) is 1.59. The molecule has 0 fully saturated rings. The fourth-order valence-electron chi connectivity index (χ4n) is 10.2. The molecule has 8 nitrogen and oxygen atoms in total. The van der Waals surface area contributed by atoms with Crippen LogP contribution in [0.5, 0.6) is 0 Å². The van der Waals surface area contributed by atoms with E-state index in [1.165, 1.54) is 148 Å². The summed E-state index contributed by atoms with van der Waals surface area (Å²) in [6.07, 6.45) is 105. The van der Waals surface area contributed by atoms with Crippen LogP contribution in [-0.4, -0.2) is 73.4 Å². The summed E-state index contributed by atoms with van der Waals surface area (Å²) in [5.74, 6) is -0.171. The molecule has 0 aliphatic heterocycles. The second-order valence-corrected chi connectivity index (χ2v) is 27.0. The first kappa shape index (κ1) is 85.4. The molecule has 9 heteroatoms. The van der Waals surface area contributed by atoms with Crippen molar-refractivity contribution in [3.8, 4) is 0 Å². The van der Waals surface area contributed by atoms with Crippen molar-refractivity contribution in [1.29, 1.82) is 0 Å². The molecule has 0 bridgehead atoms. The van der Waals surface area contributed by atoms with Crippen LogP contribution in [0, 0.1) is 0 Å². The van der Waals surface area contributed by atoms with Gasteiger partial charge in [-0.05, 0) is 103 Å². The Morgan fingerprint density at radius 1 is 0.393 bits per heavy atom. The number of aliphatic hydroxyl groups is 1. The van der Waals surface area contributed by atoms with Crippen molar-refractivity contribution in [2.75, 3.05) is 40.9 Å².